The van der Waals surface area contributed by atoms with Crippen LogP contribution in [0.5, 0.6) is 0 Å². The van der Waals surface area contributed by atoms with Crippen molar-refractivity contribution >= 4 is 17.6 Å². The van der Waals surface area contributed by atoms with Crippen molar-refractivity contribution in [2.75, 3.05) is 11.4 Å². The highest BCUT2D eigenvalue weighted by molar-refractivity contribution is 5.93. The molecule has 0 bridgehead atoms. The first-order valence-corrected chi connectivity index (χ1v) is 6.46. The summed E-state index contributed by atoms with van der Waals surface area (Å²) < 4.78 is 14.2. The molecule has 3 N–H and O–H groups in total. The Morgan fingerprint density at radius 1 is 1.40 bits per heavy atom. The number of rotatable bonds is 3. The van der Waals surface area contributed by atoms with Gasteiger partial charge in [0, 0.05) is 12.1 Å². The molecule has 0 aromatic heterocycles. The fourth-order valence-electron chi connectivity index (χ4n) is 2.61. The predicted octanol–water partition coefficient (Wildman–Crippen LogP) is 1.76. The van der Waals surface area contributed by atoms with E-state index in [0.717, 1.165) is 18.9 Å². The van der Waals surface area contributed by atoms with E-state index in [1.165, 1.54) is 12.1 Å². The minimum absolute atomic E-state index is 0.0697. The number of hydrogen-bond donors (Lipinski definition) is 2. The van der Waals surface area contributed by atoms with Crippen LogP contribution in [0.25, 0.3) is 0 Å². The van der Waals surface area contributed by atoms with E-state index in [0.29, 0.717) is 13.0 Å². The summed E-state index contributed by atoms with van der Waals surface area (Å²) in [4.78, 5) is 24.1. The zero-order valence-electron chi connectivity index (χ0n) is 11.2. The predicted molar refractivity (Wildman–Crippen MR) is 72.2 cm³/mol. The molecule has 0 saturated carbocycles. The molecule has 0 radical (unpaired) electrons. The number of carboxylic acids is 1. The molecule has 5 nitrogen and oxygen atoms in total. The first-order valence-electron chi connectivity index (χ1n) is 6.46. The number of nitrogens with zero attached hydrogens (tertiary/aromatic N) is 1. The van der Waals surface area contributed by atoms with E-state index in [4.69, 9.17) is 5.73 Å². The SMILES string of the molecule is CC1(C(=O)O)CCCCN1c1ccc(C(N)=O)cc1F. The highest BCUT2D eigenvalue weighted by Crippen LogP contribution is 2.34. The smallest absolute Gasteiger partial charge is 0.329 e. The number of benzene rings is 1. The number of amides is 1. The summed E-state index contributed by atoms with van der Waals surface area (Å²) in [6.45, 7) is 2.06. The van der Waals surface area contributed by atoms with Gasteiger partial charge in [0.1, 0.15) is 11.4 Å². The Kier molecular flexibility index (Phi) is 3.65. The molecule has 1 aliphatic rings. The van der Waals surface area contributed by atoms with Crippen molar-refractivity contribution in [1.29, 1.82) is 0 Å². The second-order valence-electron chi connectivity index (χ2n) is 5.22. The number of anilines is 1. The molecule has 2 rings (SSSR count). The molecule has 1 aromatic carbocycles. The average molecular weight is 280 g/mol. The largest absolute Gasteiger partial charge is 0.480 e. The topological polar surface area (TPSA) is 83.6 Å². The van der Waals surface area contributed by atoms with Gasteiger partial charge in [-0.15, -0.1) is 0 Å². The standard InChI is InChI=1S/C14H17FN2O3/c1-14(13(19)20)6-2-3-7-17(14)11-5-4-9(12(16)18)8-10(11)15/h4-5,8H,2-3,6-7H2,1H3,(H2,16,18)(H,19,20). The van der Waals surface area contributed by atoms with Crippen LogP contribution < -0.4 is 10.6 Å². The van der Waals surface area contributed by atoms with Crippen LogP contribution in [0.2, 0.25) is 0 Å². The van der Waals surface area contributed by atoms with Crippen molar-refractivity contribution in [3.63, 3.8) is 0 Å². The summed E-state index contributed by atoms with van der Waals surface area (Å²) >= 11 is 0. The number of aliphatic carboxylic acids is 1. The number of carbonyl (C=O) groups is 2. The fourth-order valence-corrected chi connectivity index (χ4v) is 2.61. The first kappa shape index (κ1) is 14.3. The van der Waals surface area contributed by atoms with E-state index in [1.807, 2.05) is 0 Å². The third-order valence-electron chi connectivity index (χ3n) is 3.87. The summed E-state index contributed by atoms with van der Waals surface area (Å²) in [7, 11) is 0. The van der Waals surface area contributed by atoms with Crippen molar-refractivity contribution in [2.24, 2.45) is 5.73 Å². The van der Waals surface area contributed by atoms with Crippen LogP contribution >= 0.6 is 0 Å². The molecule has 1 aromatic rings. The second kappa shape index (κ2) is 5.11. The Bertz CT molecular complexity index is 561. The van der Waals surface area contributed by atoms with Crippen molar-refractivity contribution < 1.29 is 19.1 Å². The van der Waals surface area contributed by atoms with Crippen LogP contribution in [0.1, 0.15) is 36.5 Å². The summed E-state index contributed by atoms with van der Waals surface area (Å²) in [5.41, 5.74) is 4.23. The molecule has 1 atom stereocenters. The summed E-state index contributed by atoms with van der Waals surface area (Å²) in [5, 5.41) is 9.42. The highest BCUT2D eigenvalue weighted by Gasteiger charge is 2.42. The molecule has 6 heteroatoms. The van der Waals surface area contributed by atoms with Crippen molar-refractivity contribution in [2.45, 2.75) is 31.7 Å². The van der Waals surface area contributed by atoms with Gasteiger partial charge in [0.05, 0.1) is 5.69 Å². The van der Waals surface area contributed by atoms with Gasteiger partial charge in [-0.1, -0.05) is 0 Å². The van der Waals surface area contributed by atoms with Crippen LogP contribution in [-0.2, 0) is 4.79 Å². The van der Waals surface area contributed by atoms with E-state index in [1.54, 1.807) is 11.8 Å². The van der Waals surface area contributed by atoms with Crippen LogP contribution in [0.3, 0.4) is 0 Å². The quantitative estimate of drug-likeness (QED) is 0.883. The van der Waals surface area contributed by atoms with E-state index >= 15 is 0 Å². The maximum absolute atomic E-state index is 14.2. The van der Waals surface area contributed by atoms with Gasteiger partial charge in [0.25, 0.3) is 0 Å². The van der Waals surface area contributed by atoms with Crippen LogP contribution in [0.4, 0.5) is 10.1 Å². The zero-order chi connectivity index (χ0) is 14.9. The summed E-state index contributed by atoms with van der Waals surface area (Å²) in [6, 6.07) is 3.88. The fraction of sp³-hybridized carbons (Fsp3) is 0.429. The molecule has 1 fully saturated rings. The van der Waals surface area contributed by atoms with Crippen LogP contribution in [0, 0.1) is 5.82 Å². The van der Waals surface area contributed by atoms with E-state index in [9.17, 15) is 19.1 Å². The van der Waals surface area contributed by atoms with Gasteiger partial charge in [-0.05, 0) is 44.4 Å². The van der Waals surface area contributed by atoms with E-state index in [-0.39, 0.29) is 11.3 Å². The molecule has 108 valence electrons. The lowest BCUT2D eigenvalue weighted by atomic mass is 9.87. The molecular weight excluding hydrogens is 263 g/mol. The van der Waals surface area contributed by atoms with Crippen molar-refractivity contribution in [1.82, 2.24) is 0 Å². The molecule has 1 amide bonds. The minimum Gasteiger partial charge on any atom is -0.480 e. The number of carbonyl (C=O) groups excluding carboxylic acids is 1. The Morgan fingerprint density at radius 3 is 2.65 bits per heavy atom. The Balaban J connectivity index is 2.43. The Labute approximate surface area is 116 Å². The molecule has 0 aliphatic carbocycles. The Morgan fingerprint density at radius 2 is 2.10 bits per heavy atom. The minimum atomic E-state index is -1.13. The van der Waals surface area contributed by atoms with Crippen LogP contribution in [0.15, 0.2) is 18.2 Å². The lowest BCUT2D eigenvalue weighted by Gasteiger charge is -2.43. The molecule has 0 spiro atoms. The number of nitrogens with two attached hydrogens (primary N) is 1. The van der Waals surface area contributed by atoms with Crippen molar-refractivity contribution in [3.8, 4) is 0 Å². The maximum atomic E-state index is 14.2. The van der Waals surface area contributed by atoms with Gasteiger partial charge in [0.15, 0.2) is 0 Å². The summed E-state index contributed by atoms with van der Waals surface area (Å²) in [6.07, 6.45) is 2.06. The van der Waals surface area contributed by atoms with Gasteiger partial charge >= 0.3 is 5.97 Å². The first-order chi connectivity index (χ1) is 9.36. The molecule has 1 saturated heterocycles. The van der Waals surface area contributed by atoms with Gasteiger partial charge in [0.2, 0.25) is 5.91 Å². The molecule has 1 aliphatic heterocycles. The van der Waals surface area contributed by atoms with Gasteiger partial charge in [-0.25, -0.2) is 9.18 Å². The second-order valence-corrected chi connectivity index (χ2v) is 5.22. The monoisotopic (exact) mass is 280 g/mol. The van der Waals surface area contributed by atoms with Gasteiger partial charge in [-0.2, -0.15) is 0 Å². The van der Waals surface area contributed by atoms with E-state index in [2.05, 4.69) is 0 Å². The van der Waals surface area contributed by atoms with Crippen LogP contribution in [-0.4, -0.2) is 29.1 Å². The average Bonchev–Trinajstić information content (AvgIpc) is 2.39. The number of piperidine rings is 1. The molecule has 20 heavy (non-hydrogen) atoms. The van der Waals surface area contributed by atoms with Crippen molar-refractivity contribution in [3.05, 3.63) is 29.6 Å². The summed E-state index contributed by atoms with van der Waals surface area (Å²) in [5.74, 6) is -2.32. The maximum Gasteiger partial charge on any atom is 0.329 e. The highest BCUT2D eigenvalue weighted by atomic mass is 19.1. The lowest BCUT2D eigenvalue weighted by Crippen LogP contribution is -2.55. The lowest BCUT2D eigenvalue weighted by molar-refractivity contribution is -0.143. The van der Waals surface area contributed by atoms with Gasteiger partial charge < -0.3 is 15.7 Å². The number of carboxylic acid groups (broad SMARTS) is 1. The molecule has 1 unspecified atom stereocenters. The molecule has 1 heterocycles. The van der Waals surface area contributed by atoms with Gasteiger partial charge in [-0.3, -0.25) is 4.79 Å². The third-order valence-corrected chi connectivity index (χ3v) is 3.87. The molecular formula is C14H17FN2O3. The zero-order valence-corrected chi connectivity index (χ0v) is 11.2. The Hall–Kier alpha value is -2.11. The number of primary amides is 1. The normalized spacial score (nSPS) is 22.6. The third kappa shape index (κ3) is 2.33. The van der Waals surface area contributed by atoms with E-state index < -0.39 is 23.2 Å². The number of halogens is 1. The number of hydrogen-bond acceptors (Lipinski definition) is 3.